The van der Waals surface area contributed by atoms with Crippen molar-refractivity contribution in [3.63, 3.8) is 0 Å². The molecule has 0 N–H and O–H groups in total. The summed E-state index contributed by atoms with van der Waals surface area (Å²) in [7, 11) is 1.67. The number of alkyl halides is 1. The van der Waals surface area contributed by atoms with E-state index in [-0.39, 0.29) is 0 Å². The van der Waals surface area contributed by atoms with E-state index >= 15 is 0 Å². The zero-order valence-electron chi connectivity index (χ0n) is 11.2. The fourth-order valence-electron chi connectivity index (χ4n) is 1.84. The van der Waals surface area contributed by atoms with Crippen molar-refractivity contribution < 1.29 is 9.47 Å². The molecule has 2 aromatic carbocycles. The number of ether oxygens (including phenoxy) is 2. The summed E-state index contributed by atoms with van der Waals surface area (Å²) in [6.07, 6.45) is 0. The minimum Gasteiger partial charge on any atom is -0.497 e. The molecule has 0 amide bonds. The Morgan fingerprint density at radius 3 is 2.42 bits per heavy atom. The summed E-state index contributed by atoms with van der Waals surface area (Å²) in [5.74, 6) is 1.79. The summed E-state index contributed by atoms with van der Waals surface area (Å²) in [5.41, 5.74) is 3.54. The topological polar surface area (TPSA) is 18.5 Å². The van der Waals surface area contributed by atoms with E-state index in [2.05, 4.69) is 35.0 Å². The maximum atomic E-state index is 5.87. The lowest BCUT2D eigenvalue weighted by atomic mass is 10.1. The van der Waals surface area contributed by atoms with Crippen LogP contribution in [0.15, 0.2) is 42.5 Å². The van der Waals surface area contributed by atoms with Gasteiger partial charge in [0.15, 0.2) is 0 Å². The predicted molar refractivity (Wildman–Crippen MR) is 81.1 cm³/mol. The number of hydrogen-bond donors (Lipinski definition) is 0. The van der Waals surface area contributed by atoms with Gasteiger partial charge in [0, 0.05) is 10.9 Å². The zero-order valence-corrected chi connectivity index (χ0v) is 12.7. The average Bonchev–Trinajstić information content (AvgIpc) is 2.46. The van der Waals surface area contributed by atoms with Gasteiger partial charge in [0.2, 0.25) is 0 Å². The smallest absolute Gasteiger partial charge is 0.123 e. The van der Waals surface area contributed by atoms with E-state index in [0.29, 0.717) is 6.61 Å². The number of benzene rings is 2. The van der Waals surface area contributed by atoms with Crippen molar-refractivity contribution in [2.24, 2.45) is 0 Å². The Balaban J connectivity index is 2.05. The van der Waals surface area contributed by atoms with Crippen molar-refractivity contribution in [2.75, 3.05) is 7.11 Å². The second-order valence-corrected chi connectivity index (χ2v) is 4.94. The second kappa shape index (κ2) is 6.62. The molecule has 0 unspecified atom stereocenters. The summed E-state index contributed by atoms with van der Waals surface area (Å²) >= 11 is 3.49. The second-order valence-electron chi connectivity index (χ2n) is 4.38. The van der Waals surface area contributed by atoms with E-state index in [4.69, 9.17) is 9.47 Å². The molecule has 0 fully saturated rings. The van der Waals surface area contributed by atoms with Crippen LogP contribution in [0, 0.1) is 6.92 Å². The van der Waals surface area contributed by atoms with Gasteiger partial charge >= 0.3 is 0 Å². The largest absolute Gasteiger partial charge is 0.497 e. The van der Waals surface area contributed by atoms with E-state index in [1.54, 1.807) is 7.11 Å². The molecule has 0 atom stereocenters. The predicted octanol–water partition coefficient (Wildman–Crippen LogP) is 4.48. The Kier molecular flexibility index (Phi) is 4.86. The van der Waals surface area contributed by atoms with Crippen LogP contribution < -0.4 is 9.47 Å². The van der Waals surface area contributed by atoms with Crippen LogP contribution in [0.25, 0.3) is 0 Å². The number of rotatable bonds is 5. The quantitative estimate of drug-likeness (QED) is 0.756. The van der Waals surface area contributed by atoms with Crippen molar-refractivity contribution in [1.29, 1.82) is 0 Å². The number of aryl methyl sites for hydroxylation is 1. The van der Waals surface area contributed by atoms with Gasteiger partial charge in [0.25, 0.3) is 0 Å². The average molecular weight is 321 g/mol. The van der Waals surface area contributed by atoms with Gasteiger partial charge in [-0.1, -0.05) is 45.8 Å². The van der Waals surface area contributed by atoms with Gasteiger partial charge in [0.1, 0.15) is 18.1 Å². The molecule has 0 bridgehead atoms. The number of methoxy groups -OCH3 is 1. The molecular formula is C16H17BrO2. The molecule has 0 aromatic heterocycles. The Morgan fingerprint density at radius 1 is 1.05 bits per heavy atom. The molecule has 19 heavy (non-hydrogen) atoms. The molecule has 0 aliphatic heterocycles. The highest BCUT2D eigenvalue weighted by molar-refractivity contribution is 9.08. The molecule has 3 heteroatoms. The van der Waals surface area contributed by atoms with Gasteiger partial charge in [-0.15, -0.1) is 0 Å². The van der Waals surface area contributed by atoms with Crippen molar-refractivity contribution >= 4 is 15.9 Å². The molecule has 0 heterocycles. The maximum absolute atomic E-state index is 5.87. The number of hydrogen-bond acceptors (Lipinski definition) is 2. The van der Waals surface area contributed by atoms with E-state index in [9.17, 15) is 0 Å². The van der Waals surface area contributed by atoms with Crippen LogP contribution in [0.5, 0.6) is 11.5 Å². The van der Waals surface area contributed by atoms with Gasteiger partial charge < -0.3 is 9.47 Å². The molecule has 0 saturated heterocycles. The molecule has 0 aliphatic rings. The molecule has 2 aromatic rings. The summed E-state index contributed by atoms with van der Waals surface area (Å²) in [6, 6.07) is 14.1. The first-order valence-electron chi connectivity index (χ1n) is 6.14. The first-order chi connectivity index (χ1) is 9.22. The third-order valence-corrected chi connectivity index (χ3v) is 3.52. The van der Waals surface area contributed by atoms with Crippen molar-refractivity contribution in [1.82, 2.24) is 0 Å². The van der Waals surface area contributed by atoms with E-state index in [1.807, 2.05) is 30.3 Å². The standard InChI is InChI=1S/C16H17BrO2/c1-12-3-8-16(14(9-12)10-17)19-11-13-4-6-15(18-2)7-5-13/h3-9H,10-11H2,1-2H3. The zero-order chi connectivity index (χ0) is 13.7. The van der Waals surface area contributed by atoms with Crippen LogP contribution in [-0.4, -0.2) is 7.11 Å². The SMILES string of the molecule is COc1ccc(COc2ccc(C)cc2CBr)cc1. The third kappa shape index (κ3) is 3.74. The van der Waals surface area contributed by atoms with Crippen LogP contribution in [-0.2, 0) is 11.9 Å². The van der Waals surface area contributed by atoms with Gasteiger partial charge in [0.05, 0.1) is 7.11 Å². The lowest BCUT2D eigenvalue weighted by Gasteiger charge is -2.11. The first-order valence-corrected chi connectivity index (χ1v) is 7.26. The summed E-state index contributed by atoms with van der Waals surface area (Å²) in [6.45, 7) is 2.65. The van der Waals surface area contributed by atoms with Gasteiger partial charge in [-0.25, -0.2) is 0 Å². The molecule has 0 spiro atoms. The highest BCUT2D eigenvalue weighted by Gasteiger charge is 2.03. The van der Waals surface area contributed by atoms with Gasteiger partial charge in [-0.3, -0.25) is 0 Å². The van der Waals surface area contributed by atoms with E-state index in [0.717, 1.165) is 22.4 Å². The Hall–Kier alpha value is -1.48. The minimum absolute atomic E-state index is 0.563. The van der Waals surface area contributed by atoms with Crippen molar-refractivity contribution in [2.45, 2.75) is 18.9 Å². The van der Waals surface area contributed by atoms with Crippen LogP contribution in [0.4, 0.5) is 0 Å². The molecule has 0 aliphatic carbocycles. The van der Waals surface area contributed by atoms with E-state index < -0.39 is 0 Å². The summed E-state index contributed by atoms with van der Waals surface area (Å²) < 4.78 is 11.0. The van der Waals surface area contributed by atoms with Crippen LogP contribution in [0.2, 0.25) is 0 Å². The Bertz CT molecular complexity index is 535. The lowest BCUT2D eigenvalue weighted by molar-refractivity contribution is 0.303. The van der Waals surface area contributed by atoms with Gasteiger partial charge in [-0.05, 0) is 30.7 Å². The molecular weight excluding hydrogens is 304 g/mol. The van der Waals surface area contributed by atoms with Crippen LogP contribution in [0.1, 0.15) is 16.7 Å². The van der Waals surface area contributed by atoms with E-state index in [1.165, 1.54) is 11.1 Å². The maximum Gasteiger partial charge on any atom is 0.123 e. The Labute approximate surface area is 122 Å². The Morgan fingerprint density at radius 2 is 1.79 bits per heavy atom. The van der Waals surface area contributed by atoms with Crippen molar-refractivity contribution in [3.8, 4) is 11.5 Å². The molecule has 2 rings (SSSR count). The molecule has 0 radical (unpaired) electrons. The third-order valence-electron chi connectivity index (χ3n) is 2.91. The number of halogens is 1. The lowest BCUT2D eigenvalue weighted by Crippen LogP contribution is -1.98. The highest BCUT2D eigenvalue weighted by Crippen LogP contribution is 2.23. The molecule has 100 valence electrons. The minimum atomic E-state index is 0.563. The first kappa shape index (κ1) is 13.9. The fourth-order valence-corrected chi connectivity index (χ4v) is 2.27. The van der Waals surface area contributed by atoms with Crippen LogP contribution >= 0.6 is 15.9 Å². The van der Waals surface area contributed by atoms with Crippen LogP contribution in [0.3, 0.4) is 0 Å². The van der Waals surface area contributed by atoms with Crippen molar-refractivity contribution in [3.05, 3.63) is 59.2 Å². The normalized spacial score (nSPS) is 10.3. The fraction of sp³-hybridized carbons (Fsp3) is 0.250. The summed E-state index contributed by atoms with van der Waals surface area (Å²) in [4.78, 5) is 0. The molecule has 0 saturated carbocycles. The summed E-state index contributed by atoms with van der Waals surface area (Å²) in [5, 5.41) is 0.798. The molecule has 2 nitrogen and oxygen atoms in total. The van der Waals surface area contributed by atoms with Gasteiger partial charge in [-0.2, -0.15) is 0 Å². The highest BCUT2D eigenvalue weighted by atomic mass is 79.9. The monoisotopic (exact) mass is 320 g/mol.